The monoisotopic (exact) mass is 451 g/mol. The smallest absolute Gasteiger partial charge is 0.291 e. The summed E-state index contributed by atoms with van der Waals surface area (Å²) in [5.41, 5.74) is 6.67. The molecule has 0 fully saturated rings. The maximum atomic E-state index is 13.2. The van der Waals surface area contributed by atoms with E-state index in [4.69, 9.17) is 16.6 Å². The molecule has 6 nitrogen and oxygen atoms in total. The number of aromatic nitrogens is 2. The van der Waals surface area contributed by atoms with Crippen molar-refractivity contribution in [2.24, 2.45) is 7.05 Å². The van der Waals surface area contributed by atoms with E-state index < -0.39 is 0 Å². The fourth-order valence-electron chi connectivity index (χ4n) is 4.47. The van der Waals surface area contributed by atoms with E-state index in [1.807, 2.05) is 62.0 Å². The van der Waals surface area contributed by atoms with Gasteiger partial charge in [0, 0.05) is 50.6 Å². The number of imidazole rings is 1. The fourth-order valence-corrected chi connectivity index (χ4v) is 4.79. The summed E-state index contributed by atoms with van der Waals surface area (Å²) in [5.74, 6) is 0.257. The second-order valence-electron chi connectivity index (χ2n) is 8.26. The van der Waals surface area contributed by atoms with E-state index in [2.05, 4.69) is 22.5 Å². The van der Waals surface area contributed by atoms with Crippen molar-refractivity contribution in [1.29, 1.82) is 0 Å². The predicted octanol–water partition coefficient (Wildman–Crippen LogP) is 5.11. The third-order valence-corrected chi connectivity index (χ3v) is 6.63. The van der Waals surface area contributed by atoms with E-state index in [-0.39, 0.29) is 5.91 Å². The van der Waals surface area contributed by atoms with Crippen LogP contribution in [-0.2, 0) is 20.0 Å². The number of amides is 1. The first-order valence-electron chi connectivity index (χ1n) is 11.1. The average molecular weight is 452 g/mol. The first-order chi connectivity index (χ1) is 15.4. The van der Waals surface area contributed by atoms with Crippen LogP contribution in [0, 0.1) is 6.92 Å². The van der Waals surface area contributed by atoms with Crippen LogP contribution >= 0.6 is 11.6 Å². The number of rotatable bonds is 6. The lowest BCUT2D eigenvalue weighted by Crippen LogP contribution is -2.31. The predicted molar refractivity (Wildman–Crippen MR) is 132 cm³/mol. The Morgan fingerprint density at radius 3 is 2.59 bits per heavy atom. The number of carbonyl (C=O) groups excluding carboxylic acids is 1. The Labute approximate surface area is 194 Å². The highest BCUT2D eigenvalue weighted by atomic mass is 35.5. The zero-order valence-electron chi connectivity index (χ0n) is 19.1. The summed E-state index contributed by atoms with van der Waals surface area (Å²) >= 11 is 6.62. The van der Waals surface area contributed by atoms with Gasteiger partial charge in [-0.1, -0.05) is 42.8 Å². The molecule has 2 aromatic carbocycles. The number of nitrogens with one attached hydrogen (secondary N) is 2. The lowest BCUT2D eigenvalue weighted by Gasteiger charge is -2.25. The lowest BCUT2D eigenvalue weighted by molar-refractivity contribution is 0.101. The molecule has 4 rings (SSSR count). The Morgan fingerprint density at radius 2 is 1.88 bits per heavy atom. The van der Waals surface area contributed by atoms with Gasteiger partial charge in [0.2, 0.25) is 0 Å². The quantitative estimate of drug-likeness (QED) is 0.546. The topological polar surface area (TPSA) is 62.2 Å². The molecule has 0 radical (unpaired) electrons. The molecule has 1 aromatic heterocycles. The van der Waals surface area contributed by atoms with Gasteiger partial charge in [-0.25, -0.2) is 4.98 Å². The maximum absolute atomic E-state index is 13.2. The van der Waals surface area contributed by atoms with Gasteiger partial charge in [0.1, 0.15) is 0 Å². The normalized spacial score (nSPS) is 13.7. The minimum absolute atomic E-state index is 0.195. The highest BCUT2D eigenvalue weighted by molar-refractivity contribution is 6.36. The Hall–Kier alpha value is -2.83. The molecular formula is C25H30ClN5O. The van der Waals surface area contributed by atoms with Crippen LogP contribution in [0.25, 0.3) is 11.1 Å². The van der Waals surface area contributed by atoms with Crippen LogP contribution in [0.2, 0.25) is 5.02 Å². The second-order valence-corrected chi connectivity index (χ2v) is 8.64. The van der Waals surface area contributed by atoms with Crippen LogP contribution in [0.5, 0.6) is 0 Å². The maximum Gasteiger partial charge on any atom is 0.291 e. The molecule has 0 atom stereocenters. The van der Waals surface area contributed by atoms with Gasteiger partial charge in [0.05, 0.1) is 16.4 Å². The molecule has 0 bridgehead atoms. The van der Waals surface area contributed by atoms with Crippen LogP contribution < -0.4 is 10.6 Å². The van der Waals surface area contributed by atoms with Crippen molar-refractivity contribution in [2.45, 2.75) is 33.2 Å². The van der Waals surface area contributed by atoms with Crippen molar-refractivity contribution in [2.75, 3.05) is 30.8 Å². The minimum Gasteiger partial charge on any atom is -0.387 e. The Morgan fingerprint density at radius 1 is 1.16 bits per heavy atom. The van der Waals surface area contributed by atoms with Crippen molar-refractivity contribution in [3.63, 3.8) is 0 Å². The Kier molecular flexibility index (Phi) is 6.53. The highest BCUT2D eigenvalue weighted by Gasteiger charge is 2.25. The lowest BCUT2D eigenvalue weighted by atomic mass is 9.98. The van der Waals surface area contributed by atoms with Gasteiger partial charge in [-0.3, -0.25) is 9.69 Å². The summed E-state index contributed by atoms with van der Waals surface area (Å²) in [6.07, 6.45) is 2.04. The molecule has 168 valence electrons. The van der Waals surface area contributed by atoms with Gasteiger partial charge in [0.25, 0.3) is 5.91 Å². The summed E-state index contributed by atoms with van der Waals surface area (Å²) in [4.78, 5) is 20.3. The molecule has 2 heterocycles. The van der Waals surface area contributed by atoms with E-state index in [9.17, 15) is 4.79 Å². The molecule has 1 aliphatic rings. The number of halogens is 1. The molecule has 0 saturated carbocycles. The highest BCUT2D eigenvalue weighted by Crippen LogP contribution is 2.37. The molecule has 3 aromatic rings. The Bertz CT molecular complexity index is 1150. The largest absolute Gasteiger partial charge is 0.387 e. The van der Waals surface area contributed by atoms with Gasteiger partial charge in [-0.2, -0.15) is 0 Å². The summed E-state index contributed by atoms with van der Waals surface area (Å²) < 4.78 is 1.94. The van der Waals surface area contributed by atoms with Crippen molar-refractivity contribution in [3.8, 4) is 11.1 Å². The van der Waals surface area contributed by atoms with Gasteiger partial charge in [-0.05, 0) is 43.1 Å². The van der Waals surface area contributed by atoms with Crippen molar-refractivity contribution >= 4 is 28.9 Å². The van der Waals surface area contributed by atoms with E-state index >= 15 is 0 Å². The summed E-state index contributed by atoms with van der Waals surface area (Å²) in [6, 6.07) is 11.8. The molecule has 1 amide bonds. The zero-order chi connectivity index (χ0) is 22.8. The zero-order valence-corrected chi connectivity index (χ0v) is 19.9. The molecule has 7 heteroatoms. The molecule has 2 N–H and O–H groups in total. The molecule has 0 spiro atoms. The average Bonchev–Trinajstić information content (AvgIpc) is 3.12. The van der Waals surface area contributed by atoms with Crippen molar-refractivity contribution in [3.05, 3.63) is 64.2 Å². The molecule has 0 saturated heterocycles. The van der Waals surface area contributed by atoms with Gasteiger partial charge in [-0.15, -0.1) is 0 Å². The van der Waals surface area contributed by atoms with Crippen LogP contribution in [-0.4, -0.2) is 40.5 Å². The van der Waals surface area contributed by atoms with Crippen LogP contribution in [0.4, 0.5) is 11.4 Å². The summed E-state index contributed by atoms with van der Waals surface area (Å²) in [6.45, 7) is 7.06. The van der Waals surface area contributed by atoms with Gasteiger partial charge in [0.15, 0.2) is 5.82 Å². The number of hydrogen-bond donors (Lipinski definition) is 2. The van der Waals surface area contributed by atoms with E-state index in [1.54, 1.807) is 0 Å². The van der Waals surface area contributed by atoms with Crippen LogP contribution in [0.1, 0.15) is 40.9 Å². The van der Waals surface area contributed by atoms with Crippen molar-refractivity contribution in [1.82, 2.24) is 14.5 Å². The summed E-state index contributed by atoms with van der Waals surface area (Å²) in [5, 5.41) is 6.86. The van der Waals surface area contributed by atoms with Gasteiger partial charge >= 0.3 is 0 Å². The SMILES string of the molecule is CCCN1CCc2c(nc(C(=O)Nc3cccc(-c4cccc(NC)c4Cl)c3C)n2C)C1. The third kappa shape index (κ3) is 4.12. The Balaban J connectivity index is 1.61. The minimum atomic E-state index is -0.195. The number of nitrogens with zero attached hydrogens (tertiary/aromatic N) is 3. The van der Waals surface area contributed by atoms with E-state index in [0.29, 0.717) is 10.8 Å². The first-order valence-corrected chi connectivity index (χ1v) is 11.5. The number of hydrogen-bond acceptors (Lipinski definition) is 4. The van der Waals surface area contributed by atoms with Gasteiger partial charge < -0.3 is 15.2 Å². The third-order valence-electron chi connectivity index (χ3n) is 6.22. The molecule has 32 heavy (non-hydrogen) atoms. The number of benzene rings is 2. The van der Waals surface area contributed by atoms with E-state index in [1.165, 1.54) is 0 Å². The van der Waals surface area contributed by atoms with Crippen LogP contribution in [0.15, 0.2) is 36.4 Å². The number of carbonyl (C=O) groups is 1. The molecular weight excluding hydrogens is 422 g/mol. The molecule has 0 unspecified atom stereocenters. The first kappa shape index (κ1) is 22.4. The molecule has 1 aliphatic heterocycles. The molecule has 0 aliphatic carbocycles. The fraction of sp³-hybridized carbons (Fsp3) is 0.360. The summed E-state index contributed by atoms with van der Waals surface area (Å²) in [7, 11) is 3.78. The standard InChI is InChI=1S/C25H30ClN5O/c1-5-13-31-14-12-22-21(15-31)28-24(30(22)4)25(32)29-19-10-6-8-17(16(19)2)18-9-7-11-20(27-3)23(18)26/h6-11,27H,5,12-15H2,1-4H3,(H,29,32). The van der Waals surface area contributed by atoms with Crippen LogP contribution in [0.3, 0.4) is 0 Å². The number of fused-ring (bicyclic) bond motifs is 1. The number of anilines is 2. The second kappa shape index (κ2) is 9.35. The van der Waals surface area contributed by atoms with Crippen molar-refractivity contribution < 1.29 is 4.79 Å². The van der Waals surface area contributed by atoms with E-state index in [0.717, 1.165) is 71.9 Å².